The van der Waals surface area contributed by atoms with Crippen LogP contribution in [0.25, 0.3) is 5.69 Å². The Hall–Kier alpha value is -2.02. The Morgan fingerprint density at radius 2 is 1.76 bits per heavy atom. The summed E-state index contributed by atoms with van der Waals surface area (Å²) in [5, 5.41) is 11.7. The van der Waals surface area contributed by atoms with E-state index < -0.39 is 28.6 Å². The zero-order valence-electron chi connectivity index (χ0n) is 11.0. The summed E-state index contributed by atoms with van der Waals surface area (Å²) in [5.41, 5.74) is -0.706. The van der Waals surface area contributed by atoms with Crippen molar-refractivity contribution in [3.63, 3.8) is 0 Å². The number of aromatic nitrogens is 2. The smallest absolute Gasteiger partial charge is 0.436 e. The van der Waals surface area contributed by atoms with Crippen LogP contribution in [0.2, 0.25) is 5.15 Å². The van der Waals surface area contributed by atoms with Crippen molar-refractivity contribution in [2.24, 2.45) is 0 Å². The minimum atomic E-state index is -4.90. The first kappa shape index (κ1) is 15.4. The van der Waals surface area contributed by atoms with Crippen molar-refractivity contribution in [2.45, 2.75) is 20.0 Å². The van der Waals surface area contributed by atoms with E-state index in [4.69, 9.17) is 16.7 Å². The molecule has 0 saturated heterocycles. The Morgan fingerprint density at radius 3 is 2.14 bits per heavy atom. The third kappa shape index (κ3) is 2.87. The summed E-state index contributed by atoms with van der Waals surface area (Å²) in [6.07, 6.45) is -4.90. The Kier molecular flexibility index (Phi) is 3.71. The first-order valence-corrected chi connectivity index (χ1v) is 6.16. The van der Waals surface area contributed by atoms with Crippen molar-refractivity contribution in [3.8, 4) is 5.69 Å². The fourth-order valence-corrected chi connectivity index (χ4v) is 2.34. The van der Waals surface area contributed by atoms with Crippen LogP contribution in [-0.4, -0.2) is 20.9 Å². The lowest BCUT2D eigenvalue weighted by Crippen LogP contribution is -2.12. The van der Waals surface area contributed by atoms with Gasteiger partial charge in [0.2, 0.25) is 0 Å². The van der Waals surface area contributed by atoms with Crippen LogP contribution >= 0.6 is 11.6 Å². The molecule has 1 heterocycles. The average molecular weight is 319 g/mol. The van der Waals surface area contributed by atoms with E-state index in [9.17, 15) is 18.0 Å². The third-order valence-electron chi connectivity index (χ3n) is 2.76. The van der Waals surface area contributed by atoms with Crippen molar-refractivity contribution in [3.05, 3.63) is 45.7 Å². The number of benzene rings is 1. The molecule has 0 atom stereocenters. The number of nitrogens with zero attached hydrogens (tertiary/aromatic N) is 2. The van der Waals surface area contributed by atoms with Crippen LogP contribution < -0.4 is 0 Å². The molecule has 4 nitrogen and oxygen atoms in total. The van der Waals surface area contributed by atoms with Gasteiger partial charge in [0, 0.05) is 0 Å². The number of carboxylic acid groups (broad SMARTS) is 1. The second-order valence-electron chi connectivity index (χ2n) is 4.58. The van der Waals surface area contributed by atoms with Gasteiger partial charge in [0.05, 0.1) is 5.69 Å². The topological polar surface area (TPSA) is 55.1 Å². The van der Waals surface area contributed by atoms with Gasteiger partial charge in [-0.25, -0.2) is 9.48 Å². The molecule has 8 heteroatoms. The number of carbonyl (C=O) groups is 1. The predicted molar refractivity (Wildman–Crippen MR) is 70.0 cm³/mol. The van der Waals surface area contributed by atoms with Crippen LogP contribution in [0.15, 0.2) is 18.2 Å². The molecule has 0 aliphatic carbocycles. The standard InChI is InChI=1S/C13H10ClF3N2O2/c1-6-3-7(2)5-8(4-6)19-11(14)9(12(20)21)10(18-19)13(15,16)17/h3-5H,1-2H3,(H,20,21). The maximum atomic E-state index is 12.9. The molecule has 21 heavy (non-hydrogen) atoms. The molecular weight excluding hydrogens is 309 g/mol. The molecule has 0 bridgehead atoms. The van der Waals surface area contributed by atoms with Crippen molar-refractivity contribution in [1.82, 2.24) is 9.78 Å². The van der Waals surface area contributed by atoms with Gasteiger partial charge < -0.3 is 5.11 Å². The van der Waals surface area contributed by atoms with E-state index in [-0.39, 0.29) is 5.69 Å². The molecule has 0 fully saturated rings. The van der Waals surface area contributed by atoms with E-state index in [0.29, 0.717) is 0 Å². The molecule has 112 valence electrons. The van der Waals surface area contributed by atoms with Crippen LogP contribution in [0.1, 0.15) is 27.2 Å². The van der Waals surface area contributed by atoms with Gasteiger partial charge in [0.25, 0.3) is 0 Å². The van der Waals surface area contributed by atoms with Crippen LogP contribution in [0.4, 0.5) is 13.2 Å². The average Bonchev–Trinajstić information content (AvgIpc) is 2.65. The quantitative estimate of drug-likeness (QED) is 0.914. The zero-order chi connectivity index (χ0) is 15.9. The van der Waals surface area contributed by atoms with Gasteiger partial charge in [0.15, 0.2) is 5.69 Å². The second-order valence-corrected chi connectivity index (χ2v) is 4.93. The molecule has 0 amide bonds. The van der Waals surface area contributed by atoms with Crippen molar-refractivity contribution < 1.29 is 23.1 Å². The molecular formula is C13H10ClF3N2O2. The SMILES string of the molecule is Cc1cc(C)cc(-n2nc(C(F)(F)F)c(C(=O)O)c2Cl)c1. The maximum Gasteiger partial charge on any atom is 0.436 e. The predicted octanol–water partition coefficient (Wildman–Crippen LogP) is 3.86. The minimum absolute atomic E-state index is 0.274. The number of alkyl halides is 3. The van der Waals surface area contributed by atoms with Gasteiger partial charge >= 0.3 is 12.1 Å². The largest absolute Gasteiger partial charge is 0.478 e. The summed E-state index contributed by atoms with van der Waals surface area (Å²) in [7, 11) is 0. The molecule has 1 N–H and O–H groups in total. The van der Waals surface area contributed by atoms with E-state index in [1.54, 1.807) is 26.0 Å². The van der Waals surface area contributed by atoms with Crippen LogP contribution in [0, 0.1) is 13.8 Å². The summed E-state index contributed by atoms with van der Waals surface area (Å²) in [6.45, 7) is 3.52. The van der Waals surface area contributed by atoms with Gasteiger partial charge in [-0.05, 0) is 37.1 Å². The van der Waals surface area contributed by atoms with E-state index in [0.717, 1.165) is 15.8 Å². The van der Waals surface area contributed by atoms with E-state index in [2.05, 4.69) is 5.10 Å². The first-order chi connectivity index (χ1) is 9.61. The number of halogens is 4. The maximum absolute atomic E-state index is 12.9. The summed E-state index contributed by atoms with van der Waals surface area (Å²) in [5.74, 6) is -1.78. The molecule has 0 unspecified atom stereocenters. The highest BCUT2D eigenvalue weighted by molar-refractivity contribution is 6.33. The zero-order valence-corrected chi connectivity index (χ0v) is 11.7. The number of hydrogen-bond acceptors (Lipinski definition) is 2. The lowest BCUT2D eigenvalue weighted by Gasteiger charge is -2.06. The fraction of sp³-hybridized carbons (Fsp3) is 0.231. The van der Waals surface area contributed by atoms with E-state index >= 15 is 0 Å². The van der Waals surface area contributed by atoms with Gasteiger partial charge in [-0.2, -0.15) is 18.3 Å². The number of rotatable bonds is 2. The molecule has 1 aromatic carbocycles. The highest BCUT2D eigenvalue weighted by Gasteiger charge is 2.41. The fourth-order valence-electron chi connectivity index (χ4n) is 2.03. The third-order valence-corrected chi connectivity index (χ3v) is 3.11. The van der Waals surface area contributed by atoms with Gasteiger partial charge in [-0.3, -0.25) is 0 Å². The molecule has 0 radical (unpaired) electrons. The number of hydrogen-bond donors (Lipinski definition) is 1. The number of aryl methyl sites for hydroxylation is 2. The lowest BCUT2D eigenvalue weighted by atomic mass is 10.1. The summed E-state index contributed by atoms with van der Waals surface area (Å²) >= 11 is 5.79. The van der Waals surface area contributed by atoms with Gasteiger partial charge in [-0.15, -0.1) is 0 Å². The van der Waals surface area contributed by atoms with Crippen molar-refractivity contribution >= 4 is 17.6 Å². The van der Waals surface area contributed by atoms with Crippen LogP contribution in [0.5, 0.6) is 0 Å². The first-order valence-electron chi connectivity index (χ1n) is 5.79. The molecule has 2 aromatic rings. The Morgan fingerprint density at radius 1 is 1.24 bits per heavy atom. The Bertz CT molecular complexity index is 703. The number of carboxylic acids is 1. The molecule has 0 aliphatic heterocycles. The molecule has 0 spiro atoms. The molecule has 2 rings (SSSR count). The van der Waals surface area contributed by atoms with E-state index in [1.165, 1.54) is 0 Å². The van der Waals surface area contributed by atoms with Crippen LogP contribution in [0.3, 0.4) is 0 Å². The van der Waals surface area contributed by atoms with Crippen molar-refractivity contribution in [2.75, 3.05) is 0 Å². The number of aromatic carboxylic acids is 1. The minimum Gasteiger partial charge on any atom is -0.478 e. The summed E-state index contributed by atoms with van der Waals surface area (Å²) < 4.78 is 39.4. The Balaban J connectivity index is 2.74. The normalized spacial score (nSPS) is 11.7. The van der Waals surface area contributed by atoms with Gasteiger partial charge in [0.1, 0.15) is 10.7 Å². The van der Waals surface area contributed by atoms with E-state index in [1.807, 2.05) is 6.07 Å². The lowest BCUT2D eigenvalue weighted by molar-refractivity contribution is -0.141. The monoisotopic (exact) mass is 318 g/mol. The molecule has 0 aliphatic rings. The summed E-state index contributed by atoms with van der Waals surface area (Å²) in [4.78, 5) is 11.0. The van der Waals surface area contributed by atoms with Gasteiger partial charge in [-0.1, -0.05) is 17.7 Å². The highest BCUT2D eigenvalue weighted by atomic mass is 35.5. The molecule has 0 saturated carbocycles. The second kappa shape index (κ2) is 5.07. The molecule has 1 aromatic heterocycles. The highest BCUT2D eigenvalue weighted by Crippen LogP contribution is 2.35. The Labute approximate surface area is 122 Å². The van der Waals surface area contributed by atoms with Crippen LogP contribution in [-0.2, 0) is 6.18 Å². The summed E-state index contributed by atoms with van der Waals surface area (Å²) in [6, 6.07) is 4.96. The van der Waals surface area contributed by atoms with Crippen molar-refractivity contribution in [1.29, 1.82) is 0 Å².